The molecule has 1 atom stereocenters. The van der Waals surface area contributed by atoms with Crippen LogP contribution >= 0.6 is 11.3 Å². The van der Waals surface area contributed by atoms with Crippen molar-refractivity contribution in [1.29, 1.82) is 0 Å². The molecule has 1 aliphatic rings. The molecule has 0 fully saturated rings. The fraction of sp³-hybridized carbons (Fsp3) is 0.217. The Morgan fingerprint density at radius 2 is 1.74 bits per heavy atom. The quantitative estimate of drug-likeness (QED) is 0.513. The van der Waals surface area contributed by atoms with Gasteiger partial charge in [-0.2, -0.15) is 5.10 Å². The van der Waals surface area contributed by atoms with E-state index < -0.39 is 11.9 Å². The number of ether oxygens (including phenoxy) is 2. The van der Waals surface area contributed by atoms with E-state index in [1.165, 1.54) is 0 Å². The molecule has 1 aliphatic heterocycles. The van der Waals surface area contributed by atoms with Crippen molar-refractivity contribution in [2.24, 2.45) is 5.10 Å². The zero-order valence-corrected chi connectivity index (χ0v) is 17.7. The van der Waals surface area contributed by atoms with Gasteiger partial charge in [-0.1, -0.05) is 48.5 Å². The smallest absolute Gasteiger partial charge is 0.367 e. The van der Waals surface area contributed by atoms with Gasteiger partial charge in [0.1, 0.15) is 12.3 Å². The number of para-hydroxylation sites is 1. The summed E-state index contributed by atoms with van der Waals surface area (Å²) in [6.45, 7) is 1.98. The van der Waals surface area contributed by atoms with Crippen molar-refractivity contribution >= 4 is 34.7 Å². The number of hydrazone groups is 1. The number of carbonyl (C=O) groups excluding carboxylic acids is 2. The van der Waals surface area contributed by atoms with Crippen molar-refractivity contribution in [3.05, 3.63) is 82.3 Å². The third-order valence-corrected chi connectivity index (χ3v) is 5.58. The number of rotatable bonds is 7. The summed E-state index contributed by atoms with van der Waals surface area (Å²) in [6.07, 6.45) is 0.433. The number of anilines is 1. The zero-order chi connectivity index (χ0) is 21.6. The fourth-order valence-electron chi connectivity index (χ4n) is 3.27. The number of esters is 2. The molecule has 4 rings (SSSR count). The molecule has 0 bridgehead atoms. The predicted molar refractivity (Wildman–Crippen MR) is 118 cm³/mol. The number of benzene rings is 2. The first-order valence-electron chi connectivity index (χ1n) is 9.91. The minimum atomic E-state index is -0.495. The second-order valence-corrected chi connectivity index (χ2v) is 7.66. The molecule has 0 amide bonds. The van der Waals surface area contributed by atoms with Crippen molar-refractivity contribution < 1.29 is 19.1 Å². The molecule has 158 valence electrons. The van der Waals surface area contributed by atoms with E-state index in [2.05, 4.69) is 10.1 Å². The summed E-state index contributed by atoms with van der Waals surface area (Å²) in [5.74, 6) is -0.973. The molecule has 2 aromatic carbocycles. The first kappa shape index (κ1) is 20.7. The van der Waals surface area contributed by atoms with E-state index in [0.29, 0.717) is 17.8 Å². The van der Waals surface area contributed by atoms with Crippen LogP contribution < -0.4 is 5.01 Å². The Morgan fingerprint density at radius 1 is 1.03 bits per heavy atom. The summed E-state index contributed by atoms with van der Waals surface area (Å²) >= 11 is 1.16. The predicted octanol–water partition coefficient (Wildman–Crippen LogP) is 4.37. The average Bonchev–Trinajstić information content (AvgIpc) is 3.47. The van der Waals surface area contributed by atoms with Gasteiger partial charge in [-0.15, -0.1) is 11.3 Å². The van der Waals surface area contributed by atoms with Gasteiger partial charge in [0.2, 0.25) is 5.01 Å². The molecule has 0 radical (unpaired) electrons. The highest BCUT2D eigenvalue weighted by molar-refractivity contribution is 7.11. The van der Waals surface area contributed by atoms with Crippen LogP contribution in [0.15, 0.2) is 71.1 Å². The lowest BCUT2D eigenvalue weighted by atomic mass is 10.0. The zero-order valence-electron chi connectivity index (χ0n) is 16.9. The molecule has 1 unspecified atom stereocenters. The van der Waals surface area contributed by atoms with Gasteiger partial charge in [-0.05, 0) is 24.6 Å². The van der Waals surface area contributed by atoms with Gasteiger partial charge in [0.25, 0.3) is 0 Å². The number of thiazole rings is 1. The molecule has 0 aliphatic carbocycles. The third-order valence-electron chi connectivity index (χ3n) is 4.70. The average molecular weight is 436 g/mol. The van der Waals surface area contributed by atoms with Crippen LogP contribution in [-0.4, -0.2) is 29.2 Å². The Bertz CT molecular complexity index is 1080. The summed E-state index contributed by atoms with van der Waals surface area (Å²) in [4.78, 5) is 28.6. The normalized spacial score (nSPS) is 15.5. The Kier molecular flexibility index (Phi) is 6.37. The van der Waals surface area contributed by atoms with Crippen LogP contribution in [0.3, 0.4) is 0 Å². The van der Waals surface area contributed by atoms with Crippen LogP contribution in [0.25, 0.3) is 0 Å². The van der Waals surface area contributed by atoms with Crippen LogP contribution in [0, 0.1) is 0 Å². The number of hydrogen-bond donors (Lipinski definition) is 0. The molecule has 2 heterocycles. The highest BCUT2D eigenvalue weighted by Crippen LogP contribution is 2.35. The van der Waals surface area contributed by atoms with Gasteiger partial charge in [0, 0.05) is 11.8 Å². The van der Waals surface area contributed by atoms with E-state index >= 15 is 0 Å². The van der Waals surface area contributed by atoms with E-state index in [1.54, 1.807) is 12.3 Å². The Morgan fingerprint density at radius 3 is 2.45 bits per heavy atom. The lowest BCUT2D eigenvalue weighted by molar-refractivity contribution is -0.137. The lowest BCUT2D eigenvalue weighted by Gasteiger charge is -2.23. The molecular formula is C23H21N3O4S. The first-order valence-corrected chi connectivity index (χ1v) is 10.8. The van der Waals surface area contributed by atoms with Crippen LogP contribution in [0.5, 0.6) is 0 Å². The maximum Gasteiger partial charge on any atom is 0.367 e. The molecule has 1 aromatic heterocycles. The summed E-state index contributed by atoms with van der Waals surface area (Å²) in [5.41, 5.74) is 2.81. The second-order valence-electron chi connectivity index (χ2n) is 6.80. The van der Waals surface area contributed by atoms with Crippen LogP contribution in [-0.2, 0) is 20.9 Å². The Hall–Kier alpha value is -3.52. The van der Waals surface area contributed by atoms with Crippen molar-refractivity contribution in [3.63, 3.8) is 0 Å². The minimum absolute atomic E-state index is 0.0326. The van der Waals surface area contributed by atoms with Gasteiger partial charge >= 0.3 is 11.9 Å². The lowest BCUT2D eigenvalue weighted by Crippen LogP contribution is -2.18. The molecule has 0 spiro atoms. The standard InChI is InChI=1S/C23H21N3O4S/c1-2-29-23(28)21-24-17(15-31-21)14-30-22(27)19-13-20(16-9-5-3-6-10-16)26(25-19)18-11-7-4-8-12-18/h3-12,15,20H,2,13-14H2,1H3. The topological polar surface area (TPSA) is 81.1 Å². The number of hydrogen-bond acceptors (Lipinski definition) is 8. The van der Waals surface area contributed by atoms with Crippen LogP contribution in [0.1, 0.15) is 40.4 Å². The summed E-state index contributed by atoms with van der Waals surface area (Å²) in [6, 6.07) is 19.6. The van der Waals surface area contributed by atoms with Crippen molar-refractivity contribution in [2.45, 2.75) is 26.0 Å². The van der Waals surface area contributed by atoms with Crippen LogP contribution in [0.4, 0.5) is 5.69 Å². The number of nitrogens with zero attached hydrogens (tertiary/aromatic N) is 3. The molecule has 8 heteroatoms. The number of aromatic nitrogens is 1. The fourth-order valence-corrected chi connectivity index (χ4v) is 3.96. The van der Waals surface area contributed by atoms with Gasteiger partial charge < -0.3 is 9.47 Å². The highest BCUT2D eigenvalue weighted by atomic mass is 32.1. The molecule has 3 aromatic rings. The summed E-state index contributed by atoms with van der Waals surface area (Å²) in [7, 11) is 0. The molecular weight excluding hydrogens is 414 g/mol. The largest absolute Gasteiger partial charge is 0.461 e. The molecule has 0 saturated heterocycles. The molecule has 0 saturated carbocycles. The Labute approximate surface area is 183 Å². The van der Waals surface area contributed by atoms with Crippen molar-refractivity contribution in [2.75, 3.05) is 11.6 Å². The maximum absolute atomic E-state index is 12.7. The van der Waals surface area contributed by atoms with E-state index in [-0.39, 0.29) is 24.3 Å². The van der Waals surface area contributed by atoms with Gasteiger partial charge in [-0.25, -0.2) is 14.6 Å². The van der Waals surface area contributed by atoms with Crippen molar-refractivity contribution in [1.82, 2.24) is 4.98 Å². The highest BCUT2D eigenvalue weighted by Gasteiger charge is 2.33. The SMILES string of the molecule is CCOC(=O)c1nc(COC(=O)C2=NN(c3ccccc3)C(c3ccccc3)C2)cs1. The Balaban J connectivity index is 1.47. The van der Waals surface area contributed by atoms with E-state index in [9.17, 15) is 9.59 Å². The van der Waals surface area contributed by atoms with Gasteiger partial charge in [0.15, 0.2) is 0 Å². The monoisotopic (exact) mass is 435 g/mol. The van der Waals surface area contributed by atoms with E-state index in [0.717, 1.165) is 22.6 Å². The third kappa shape index (κ3) is 4.80. The van der Waals surface area contributed by atoms with Crippen LogP contribution in [0.2, 0.25) is 0 Å². The molecule has 7 nitrogen and oxygen atoms in total. The van der Waals surface area contributed by atoms with Gasteiger partial charge in [-0.3, -0.25) is 5.01 Å². The van der Waals surface area contributed by atoms with E-state index in [4.69, 9.17) is 9.47 Å². The maximum atomic E-state index is 12.7. The first-order chi connectivity index (χ1) is 15.2. The van der Waals surface area contributed by atoms with E-state index in [1.807, 2.05) is 65.7 Å². The minimum Gasteiger partial charge on any atom is -0.461 e. The van der Waals surface area contributed by atoms with Gasteiger partial charge in [0.05, 0.1) is 24.0 Å². The summed E-state index contributed by atoms with van der Waals surface area (Å²) in [5, 5.41) is 8.35. The number of carbonyl (C=O) groups is 2. The second kappa shape index (κ2) is 9.53. The van der Waals surface area contributed by atoms with Crippen molar-refractivity contribution in [3.8, 4) is 0 Å². The summed E-state index contributed by atoms with van der Waals surface area (Å²) < 4.78 is 10.4. The molecule has 31 heavy (non-hydrogen) atoms. The molecule has 0 N–H and O–H groups in total.